The summed E-state index contributed by atoms with van der Waals surface area (Å²) in [4.78, 5) is 31.9. The van der Waals surface area contributed by atoms with Gasteiger partial charge < -0.3 is 25.0 Å². The van der Waals surface area contributed by atoms with Crippen molar-refractivity contribution in [2.75, 3.05) is 36.5 Å². The van der Waals surface area contributed by atoms with Crippen molar-refractivity contribution in [3.05, 3.63) is 64.5 Å². The van der Waals surface area contributed by atoms with Crippen molar-refractivity contribution < 1.29 is 32.2 Å². The number of carbonyl (C=O) groups excluding carboxylic acids is 2. The number of ether oxygens (including phenoxy) is 2. The molecule has 0 bridgehead atoms. The number of nitrogens with zero attached hydrogens (tertiary/aromatic N) is 2. The molecule has 1 aromatic heterocycles. The molecule has 0 spiro atoms. The number of hydrogen-bond donors (Lipinski definition) is 2. The number of thiazole rings is 1. The van der Waals surface area contributed by atoms with Crippen molar-refractivity contribution in [1.29, 1.82) is 0 Å². The van der Waals surface area contributed by atoms with Crippen molar-refractivity contribution in [1.82, 2.24) is 10.3 Å². The van der Waals surface area contributed by atoms with Crippen LogP contribution >= 0.6 is 11.3 Å². The first-order valence-electron chi connectivity index (χ1n) is 12.8. The fourth-order valence-corrected chi connectivity index (χ4v) is 5.67. The molecule has 1 unspecified atom stereocenters. The van der Waals surface area contributed by atoms with Crippen molar-refractivity contribution in [2.45, 2.75) is 44.8 Å². The van der Waals surface area contributed by atoms with Crippen LogP contribution in [0, 0.1) is 0 Å². The van der Waals surface area contributed by atoms with Gasteiger partial charge in [-0.15, -0.1) is 11.3 Å². The monoisotopic (exact) mass is 574 g/mol. The quantitative estimate of drug-likeness (QED) is 0.423. The van der Waals surface area contributed by atoms with Gasteiger partial charge in [-0.05, 0) is 43.7 Å². The van der Waals surface area contributed by atoms with Gasteiger partial charge in [0.05, 0.1) is 37.7 Å². The zero-order valence-corrected chi connectivity index (χ0v) is 22.8. The molecule has 2 aliphatic heterocycles. The SMILES string of the molecule is C[C@@H]1CN(c2cccc(-c3csc(NC(=O)CNC(=O)c4ccc5c(c4)C(F)(C(F)F)COC5)n3)c2)C[C@H](C)O1. The lowest BCUT2D eigenvalue weighted by atomic mass is 9.89. The smallest absolute Gasteiger partial charge is 0.278 e. The molecule has 3 heterocycles. The van der Waals surface area contributed by atoms with E-state index < -0.39 is 30.5 Å². The highest BCUT2D eigenvalue weighted by Crippen LogP contribution is 2.39. The Labute approximate surface area is 233 Å². The van der Waals surface area contributed by atoms with Crippen LogP contribution in [0.4, 0.5) is 24.0 Å². The van der Waals surface area contributed by atoms with Crippen molar-refractivity contribution in [3.63, 3.8) is 0 Å². The zero-order chi connectivity index (χ0) is 28.4. The molecule has 12 heteroatoms. The maximum absolute atomic E-state index is 14.9. The molecule has 0 saturated carbocycles. The molecule has 3 aromatic rings. The van der Waals surface area contributed by atoms with Gasteiger partial charge in [0.25, 0.3) is 12.3 Å². The highest BCUT2D eigenvalue weighted by Gasteiger charge is 2.46. The number of morpholine rings is 1. The number of benzene rings is 2. The number of anilines is 2. The van der Waals surface area contributed by atoms with Crippen LogP contribution in [0.25, 0.3) is 11.3 Å². The van der Waals surface area contributed by atoms with Crippen LogP contribution in [0.2, 0.25) is 0 Å². The Kier molecular flexibility index (Phi) is 8.11. The van der Waals surface area contributed by atoms with Crippen molar-refractivity contribution >= 4 is 34.0 Å². The highest BCUT2D eigenvalue weighted by atomic mass is 32.1. The Morgan fingerprint density at radius 1 is 1.18 bits per heavy atom. The van der Waals surface area contributed by atoms with Gasteiger partial charge in [0.1, 0.15) is 0 Å². The van der Waals surface area contributed by atoms with Crippen LogP contribution in [-0.2, 0) is 26.5 Å². The van der Waals surface area contributed by atoms with Gasteiger partial charge in [-0.2, -0.15) is 0 Å². The fourth-order valence-electron chi connectivity index (χ4n) is 4.94. The first kappa shape index (κ1) is 28.1. The predicted molar refractivity (Wildman–Crippen MR) is 146 cm³/mol. The van der Waals surface area contributed by atoms with Gasteiger partial charge in [-0.3, -0.25) is 9.59 Å². The molecule has 2 aliphatic rings. The molecule has 8 nitrogen and oxygen atoms in total. The van der Waals surface area contributed by atoms with E-state index in [1.807, 2.05) is 23.6 Å². The third kappa shape index (κ3) is 5.98. The molecule has 2 aromatic carbocycles. The predicted octanol–water partition coefficient (Wildman–Crippen LogP) is 4.75. The number of amides is 2. The Hall–Kier alpha value is -3.48. The summed E-state index contributed by atoms with van der Waals surface area (Å²) in [6.45, 7) is 4.48. The normalized spacial score (nSPS) is 22.6. The average molecular weight is 575 g/mol. The summed E-state index contributed by atoms with van der Waals surface area (Å²) in [6.07, 6.45) is -3.05. The number of fused-ring (bicyclic) bond motifs is 1. The molecule has 3 atom stereocenters. The molecule has 2 N–H and O–H groups in total. The van der Waals surface area contributed by atoms with Gasteiger partial charge in [0.2, 0.25) is 11.6 Å². The Morgan fingerprint density at radius 3 is 2.70 bits per heavy atom. The third-order valence-electron chi connectivity index (χ3n) is 6.82. The van der Waals surface area contributed by atoms with E-state index in [0.717, 1.165) is 30.4 Å². The van der Waals surface area contributed by atoms with E-state index in [2.05, 4.69) is 40.4 Å². The Morgan fingerprint density at radius 2 is 1.95 bits per heavy atom. The molecule has 1 saturated heterocycles. The van der Waals surface area contributed by atoms with Crippen LogP contribution < -0.4 is 15.5 Å². The van der Waals surface area contributed by atoms with E-state index in [1.54, 1.807) is 0 Å². The summed E-state index contributed by atoms with van der Waals surface area (Å²) in [5.41, 5.74) is -0.384. The standard InChI is InChI=1S/C28H29F3N4O4S/c1-16-11-35(12-17(2)39-16)21-5-3-4-18(8-21)23-14-40-27(33-23)34-24(36)10-32-25(37)19-6-7-20-13-38-15-28(31,26(29)30)22(20)9-19/h3-9,14,16-17,26H,10-13,15H2,1-2H3,(H,32,37)(H,33,34,36)/t16-,17+,28?. The second-order valence-electron chi connectivity index (χ2n) is 10.0. The van der Waals surface area contributed by atoms with E-state index in [0.29, 0.717) is 10.8 Å². The van der Waals surface area contributed by atoms with E-state index >= 15 is 0 Å². The van der Waals surface area contributed by atoms with Gasteiger partial charge in [-0.1, -0.05) is 18.2 Å². The maximum atomic E-state index is 14.9. The second-order valence-corrected chi connectivity index (χ2v) is 10.9. The second kappa shape index (κ2) is 11.6. The number of rotatable bonds is 7. The van der Waals surface area contributed by atoms with Gasteiger partial charge in [-0.25, -0.2) is 18.2 Å². The Balaban J connectivity index is 1.19. The molecule has 40 heavy (non-hydrogen) atoms. The molecule has 5 rings (SSSR count). The lowest BCUT2D eigenvalue weighted by molar-refractivity contribution is -0.115. The van der Waals surface area contributed by atoms with Crippen LogP contribution in [-0.4, -0.2) is 61.7 Å². The topological polar surface area (TPSA) is 92.8 Å². The lowest BCUT2D eigenvalue weighted by Crippen LogP contribution is -2.45. The van der Waals surface area contributed by atoms with E-state index in [9.17, 15) is 22.8 Å². The Bertz CT molecular complexity index is 1390. The minimum Gasteiger partial charge on any atom is -0.373 e. The van der Waals surface area contributed by atoms with Gasteiger partial charge >= 0.3 is 0 Å². The van der Waals surface area contributed by atoms with Crippen LogP contribution in [0.1, 0.15) is 35.3 Å². The zero-order valence-electron chi connectivity index (χ0n) is 22.0. The highest BCUT2D eigenvalue weighted by molar-refractivity contribution is 7.14. The van der Waals surface area contributed by atoms with Crippen LogP contribution in [0.5, 0.6) is 0 Å². The molecule has 0 aliphatic carbocycles. The van der Waals surface area contributed by atoms with E-state index in [-0.39, 0.29) is 42.0 Å². The number of aromatic nitrogens is 1. The molecule has 2 amide bonds. The third-order valence-corrected chi connectivity index (χ3v) is 7.58. The van der Waals surface area contributed by atoms with Crippen LogP contribution in [0.15, 0.2) is 47.8 Å². The summed E-state index contributed by atoms with van der Waals surface area (Å²) in [5, 5.41) is 7.29. The van der Waals surface area contributed by atoms with Gasteiger partial charge in [0.15, 0.2) is 5.13 Å². The molecule has 1 fully saturated rings. The minimum atomic E-state index is -3.31. The molecule has 0 radical (unpaired) electrons. The number of nitrogens with one attached hydrogen (secondary N) is 2. The van der Waals surface area contributed by atoms with E-state index in [4.69, 9.17) is 9.47 Å². The number of hydrogen-bond acceptors (Lipinski definition) is 7. The lowest BCUT2D eigenvalue weighted by Gasteiger charge is -2.37. The molecule has 212 valence electrons. The number of carbonyl (C=O) groups is 2. The molecular formula is C28H29F3N4O4S. The molecular weight excluding hydrogens is 545 g/mol. The summed E-state index contributed by atoms with van der Waals surface area (Å²) in [7, 11) is 0. The largest absolute Gasteiger partial charge is 0.373 e. The van der Waals surface area contributed by atoms with Crippen LogP contribution in [0.3, 0.4) is 0 Å². The van der Waals surface area contributed by atoms with Crippen molar-refractivity contribution in [3.8, 4) is 11.3 Å². The van der Waals surface area contributed by atoms with Crippen molar-refractivity contribution in [2.24, 2.45) is 0 Å². The maximum Gasteiger partial charge on any atom is 0.278 e. The summed E-state index contributed by atoms with van der Waals surface area (Å²) in [5.74, 6) is -1.21. The van der Waals surface area contributed by atoms with Gasteiger partial charge in [0, 0.05) is 40.8 Å². The first-order chi connectivity index (χ1) is 19.1. The summed E-state index contributed by atoms with van der Waals surface area (Å²) in [6, 6.07) is 11.9. The average Bonchev–Trinajstić information content (AvgIpc) is 3.39. The summed E-state index contributed by atoms with van der Waals surface area (Å²) < 4.78 is 52.5. The summed E-state index contributed by atoms with van der Waals surface area (Å²) >= 11 is 1.25. The number of alkyl halides is 3. The fraction of sp³-hybridized carbons (Fsp3) is 0.393. The number of halogens is 3. The van der Waals surface area contributed by atoms with E-state index in [1.165, 1.54) is 23.5 Å². The minimum absolute atomic E-state index is 0.0241. The first-order valence-corrected chi connectivity index (χ1v) is 13.7.